The monoisotopic (exact) mass is 369 g/mol. The highest BCUT2D eigenvalue weighted by atomic mass is 79.9. The number of primary sulfonamides is 1. The molecule has 1 aromatic heterocycles. The first-order chi connectivity index (χ1) is 9.86. The molecule has 0 fully saturated rings. The van der Waals surface area contributed by atoms with Gasteiger partial charge in [0.1, 0.15) is 0 Å². The molecule has 112 valence electrons. The van der Waals surface area contributed by atoms with Gasteiger partial charge in [-0.1, -0.05) is 12.1 Å². The normalized spacial score (nSPS) is 13.1. The number of hydrogen-bond acceptors (Lipinski definition) is 4. The Balaban J connectivity index is 2.02. The van der Waals surface area contributed by atoms with E-state index < -0.39 is 10.0 Å². The first-order valence-electron chi connectivity index (χ1n) is 6.32. The third-order valence-corrected chi connectivity index (χ3v) is 4.45. The van der Waals surface area contributed by atoms with E-state index in [0.717, 1.165) is 15.6 Å². The molecule has 7 heteroatoms. The van der Waals surface area contributed by atoms with Gasteiger partial charge in [0, 0.05) is 29.5 Å². The number of halogens is 1. The standard InChI is InChI=1S/C14H16BrN3O2S/c1-10(18-8-11-6-13(15)9-17-7-11)12-2-4-14(5-3-12)21(16,19)20/h2-7,9-10,18H,8H2,1H3,(H2,16,19,20). The Morgan fingerprint density at radius 3 is 2.52 bits per heavy atom. The van der Waals surface area contributed by atoms with Gasteiger partial charge in [0.2, 0.25) is 10.0 Å². The Kier molecular flexibility index (Phi) is 5.10. The minimum absolute atomic E-state index is 0.0820. The second kappa shape index (κ2) is 6.65. The highest BCUT2D eigenvalue weighted by Gasteiger charge is 2.09. The summed E-state index contributed by atoms with van der Waals surface area (Å²) in [5.74, 6) is 0. The van der Waals surface area contributed by atoms with Crippen molar-refractivity contribution in [3.05, 3.63) is 58.3 Å². The van der Waals surface area contributed by atoms with Crippen LogP contribution in [-0.4, -0.2) is 13.4 Å². The maximum atomic E-state index is 11.2. The van der Waals surface area contributed by atoms with Crippen LogP contribution in [0.15, 0.2) is 52.1 Å². The average Bonchev–Trinajstić information content (AvgIpc) is 2.44. The van der Waals surface area contributed by atoms with Crippen molar-refractivity contribution in [2.45, 2.75) is 24.4 Å². The summed E-state index contributed by atoms with van der Waals surface area (Å²) in [6, 6.07) is 8.63. The molecule has 2 aromatic rings. The maximum Gasteiger partial charge on any atom is 0.238 e. The lowest BCUT2D eigenvalue weighted by Gasteiger charge is -2.14. The Bertz CT molecular complexity index is 717. The molecular formula is C14H16BrN3O2S. The van der Waals surface area contributed by atoms with Crippen LogP contribution in [0.25, 0.3) is 0 Å². The summed E-state index contributed by atoms with van der Waals surface area (Å²) < 4.78 is 23.4. The summed E-state index contributed by atoms with van der Waals surface area (Å²) in [7, 11) is -3.64. The molecule has 0 saturated heterocycles. The highest BCUT2D eigenvalue weighted by Crippen LogP contribution is 2.16. The smallest absolute Gasteiger partial charge is 0.238 e. The van der Waals surface area contributed by atoms with Crippen molar-refractivity contribution < 1.29 is 8.42 Å². The molecule has 0 saturated carbocycles. The van der Waals surface area contributed by atoms with Crippen LogP contribution in [0.5, 0.6) is 0 Å². The first kappa shape index (κ1) is 16.1. The number of benzene rings is 1. The molecule has 0 bridgehead atoms. The van der Waals surface area contributed by atoms with Gasteiger partial charge in [0.05, 0.1) is 4.90 Å². The van der Waals surface area contributed by atoms with Gasteiger partial charge in [-0.25, -0.2) is 13.6 Å². The van der Waals surface area contributed by atoms with E-state index >= 15 is 0 Å². The van der Waals surface area contributed by atoms with Gasteiger partial charge in [-0.15, -0.1) is 0 Å². The molecule has 1 aromatic carbocycles. The van der Waals surface area contributed by atoms with Crippen molar-refractivity contribution >= 4 is 26.0 Å². The van der Waals surface area contributed by atoms with Gasteiger partial charge in [-0.2, -0.15) is 0 Å². The Hall–Kier alpha value is -1.28. The van der Waals surface area contributed by atoms with Crippen LogP contribution in [0.3, 0.4) is 0 Å². The summed E-state index contributed by atoms with van der Waals surface area (Å²) in [6.45, 7) is 2.68. The number of hydrogen-bond donors (Lipinski definition) is 2. The number of pyridine rings is 1. The minimum Gasteiger partial charge on any atom is -0.306 e. The van der Waals surface area contributed by atoms with Crippen molar-refractivity contribution in [1.82, 2.24) is 10.3 Å². The van der Waals surface area contributed by atoms with Crippen molar-refractivity contribution in [1.29, 1.82) is 0 Å². The number of nitrogens with two attached hydrogens (primary N) is 1. The van der Waals surface area contributed by atoms with Crippen LogP contribution < -0.4 is 10.5 Å². The average molecular weight is 370 g/mol. The molecular weight excluding hydrogens is 354 g/mol. The third kappa shape index (κ3) is 4.60. The lowest BCUT2D eigenvalue weighted by Crippen LogP contribution is -2.18. The number of nitrogens with one attached hydrogen (secondary N) is 1. The predicted molar refractivity (Wildman–Crippen MR) is 85.0 cm³/mol. The zero-order chi connectivity index (χ0) is 15.5. The van der Waals surface area contributed by atoms with E-state index in [1.54, 1.807) is 24.5 Å². The third-order valence-electron chi connectivity index (χ3n) is 3.08. The number of aromatic nitrogens is 1. The Labute approximate surface area is 132 Å². The summed E-state index contributed by atoms with van der Waals surface area (Å²) in [6.07, 6.45) is 3.54. The fourth-order valence-electron chi connectivity index (χ4n) is 1.89. The summed E-state index contributed by atoms with van der Waals surface area (Å²) in [4.78, 5) is 4.23. The van der Waals surface area contributed by atoms with E-state index in [9.17, 15) is 8.42 Å². The number of sulfonamides is 1. The predicted octanol–water partition coefficient (Wildman–Crippen LogP) is 2.34. The van der Waals surface area contributed by atoms with E-state index in [1.807, 2.05) is 13.0 Å². The van der Waals surface area contributed by atoms with E-state index in [1.165, 1.54) is 12.1 Å². The summed E-state index contributed by atoms with van der Waals surface area (Å²) in [5, 5.41) is 8.44. The molecule has 2 rings (SSSR count). The second-order valence-corrected chi connectivity index (χ2v) is 7.21. The van der Waals surface area contributed by atoms with E-state index in [-0.39, 0.29) is 10.9 Å². The van der Waals surface area contributed by atoms with Crippen LogP contribution >= 0.6 is 15.9 Å². The Morgan fingerprint density at radius 2 is 1.95 bits per heavy atom. The number of nitrogens with zero attached hydrogens (tertiary/aromatic N) is 1. The largest absolute Gasteiger partial charge is 0.306 e. The van der Waals surface area contributed by atoms with Gasteiger partial charge < -0.3 is 5.32 Å². The minimum atomic E-state index is -3.64. The lowest BCUT2D eigenvalue weighted by atomic mass is 10.1. The van der Waals surface area contributed by atoms with Crippen molar-refractivity contribution in [3.8, 4) is 0 Å². The van der Waals surface area contributed by atoms with Gasteiger partial charge >= 0.3 is 0 Å². The molecule has 0 amide bonds. The molecule has 0 radical (unpaired) electrons. The second-order valence-electron chi connectivity index (χ2n) is 4.73. The topological polar surface area (TPSA) is 85.1 Å². The lowest BCUT2D eigenvalue weighted by molar-refractivity contribution is 0.573. The SMILES string of the molecule is CC(NCc1cncc(Br)c1)c1ccc(S(N)(=O)=O)cc1. The van der Waals surface area contributed by atoms with Crippen molar-refractivity contribution in [3.63, 3.8) is 0 Å². The van der Waals surface area contributed by atoms with Crippen LogP contribution in [0, 0.1) is 0 Å². The van der Waals surface area contributed by atoms with Crippen LogP contribution in [0.1, 0.15) is 24.1 Å². The molecule has 0 spiro atoms. The molecule has 0 aliphatic carbocycles. The molecule has 3 N–H and O–H groups in total. The fourth-order valence-corrected chi connectivity index (χ4v) is 2.82. The van der Waals surface area contributed by atoms with Gasteiger partial charge in [-0.3, -0.25) is 4.98 Å². The van der Waals surface area contributed by atoms with Crippen molar-refractivity contribution in [2.75, 3.05) is 0 Å². The fraction of sp³-hybridized carbons (Fsp3) is 0.214. The van der Waals surface area contributed by atoms with Gasteiger partial charge in [0.15, 0.2) is 0 Å². The maximum absolute atomic E-state index is 11.2. The zero-order valence-electron chi connectivity index (χ0n) is 11.5. The van der Waals surface area contributed by atoms with Crippen LogP contribution in [0.4, 0.5) is 0 Å². The highest BCUT2D eigenvalue weighted by molar-refractivity contribution is 9.10. The molecule has 1 atom stereocenters. The van der Waals surface area contributed by atoms with E-state index in [4.69, 9.17) is 5.14 Å². The summed E-state index contributed by atoms with van der Waals surface area (Å²) in [5.41, 5.74) is 2.06. The van der Waals surface area contributed by atoms with Crippen molar-refractivity contribution in [2.24, 2.45) is 5.14 Å². The number of rotatable bonds is 5. The zero-order valence-corrected chi connectivity index (χ0v) is 13.9. The first-order valence-corrected chi connectivity index (χ1v) is 8.66. The molecule has 1 unspecified atom stereocenters. The van der Waals surface area contributed by atoms with E-state index in [0.29, 0.717) is 6.54 Å². The molecule has 5 nitrogen and oxygen atoms in total. The Morgan fingerprint density at radius 1 is 1.29 bits per heavy atom. The summed E-state index contributed by atoms with van der Waals surface area (Å²) >= 11 is 3.38. The molecule has 0 aliphatic heterocycles. The molecule has 21 heavy (non-hydrogen) atoms. The quantitative estimate of drug-likeness (QED) is 0.846. The molecule has 1 heterocycles. The van der Waals surface area contributed by atoms with E-state index in [2.05, 4.69) is 26.2 Å². The van der Waals surface area contributed by atoms with Gasteiger partial charge in [-0.05, 0) is 52.2 Å². The van der Waals surface area contributed by atoms with Gasteiger partial charge in [0.25, 0.3) is 0 Å². The van der Waals surface area contributed by atoms with Crippen LogP contribution in [0.2, 0.25) is 0 Å². The van der Waals surface area contributed by atoms with Crippen LogP contribution in [-0.2, 0) is 16.6 Å². The molecule has 0 aliphatic rings.